The summed E-state index contributed by atoms with van der Waals surface area (Å²) >= 11 is 0. The third-order valence-corrected chi connectivity index (χ3v) is 13.0. The zero-order chi connectivity index (χ0) is 46.7. The number of esters is 1. The number of allylic oxidation sites excluding steroid dienone is 6. The monoisotopic (exact) mass is 900 g/mol. The fourth-order valence-corrected chi connectivity index (χ4v) is 8.67. The van der Waals surface area contributed by atoms with Crippen molar-refractivity contribution in [2.24, 2.45) is 0 Å². The number of amides is 1. The Morgan fingerprint density at radius 3 is 1.23 bits per heavy atom. The highest BCUT2D eigenvalue weighted by Crippen LogP contribution is 2.18. The molecule has 1 amide bonds. The first kappa shape index (κ1) is 62.1. The third-order valence-electron chi connectivity index (χ3n) is 13.0. The minimum atomic E-state index is -0.792. The summed E-state index contributed by atoms with van der Waals surface area (Å²) in [5.41, 5.74) is 0. The second kappa shape index (κ2) is 52.1. The van der Waals surface area contributed by atoms with E-state index in [2.05, 4.69) is 62.5 Å². The van der Waals surface area contributed by atoms with Crippen molar-refractivity contribution in [3.8, 4) is 0 Å². The Morgan fingerprint density at radius 1 is 0.453 bits per heavy atom. The summed E-state index contributed by atoms with van der Waals surface area (Å²) in [5, 5.41) is 23.9. The Balaban J connectivity index is 4.56. The average molecular weight is 901 g/mol. The summed E-state index contributed by atoms with van der Waals surface area (Å²) in [6.45, 7) is 6.48. The van der Waals surface area contributed by atoms with Gasteiger partial charge in [0.15, 0.2) is 0 Å². The minimum absolute atomic E-state index is 0.0668. The van der Waals surface area contributed by atoms with Gasteiger partial charge in [0.2, 0.25) is 5.91 Å². The molecule has 0 bridgehead atoms. The van der Waals surface area contributed by atoms with Crippen molar-refractivity contribution >= 4 is 11.9 Å². The summed E-state index contributed by atoms with van der Waals surface area (Å²) in [5.74, 6) is -0.482. The SMILES string of the molecule is CCCCC/C=C\C/C=C\C/C=C\CCCCCCC(CC(=O)NC(CO)C(O)CCCCCCCCCCCCCCCCCC)OC(=O)CCCCCCCCCCCCCC. The Morgan fingerprint density at radius 2 is 0.797 bits per heavy atom. The van der Waals surface area contributed by atoms with Crippen molar-refractivity contribution in [3.05, 3.63) is 36.5 Å². The fourth-order valence-electron chi connectivity index (χ4n) is 8.67. The van der Waals surface area contributed by atoms with E-state index >= 15 is 0 Å². The van der Waals surface area contributed by atoms with E-state index in [1.165, 1.54) is 173 Å². The van der Waals surface area contributed by atoms with Gasteiger partial charge in [0.05, 0.1) is 25.2 Å². The van der Waals surface area contributed by atoms with Crippen LogP contribution in [0, 0.1) is 0 Å². The molecule has 0 fully saturated rings. The first-order chi connectivity index (χ1) is 31.5. The average Bonchev–Trinajstić information content (AvgIpc) is 3.29. The molecule has 0 aliphatic rings. The molecule has 0 saturated carbocycles. The molecule has 3 unspecified atom stereocenters. The molecule has 0 aliphatic carbocycles. The fraction of sp³-hybridized carbons (Fsp3) is 0.862. The standard InChI is InChI=1S/C58H109NO5/c1-4-7-10-13-16-19-22-25-27-29-30-32-34-37-40-43-46-49-54(64-58(63)51-48-45-42-39-36-24-21-18-15-12-9-6-3)52-57(62)59-55(53-60)56(61)50-47-44-41-38-35-33-31-28-26-23-20-17-14-11-8-5-2/h16,19,25,27,30,32,54-56,60-61H,4-15,17-18,20-24,26,28-29,31,33-53H2,1-3H3,(H,59,62)/b19-16-,27-25-,32-30-. The lowest BCUT2D eigenvalue weighted by molar-refractivity contribution is -0.151. The van der Waals surface area contributed by atoms with Crippen LogP contribution in [0.3, 0.4) is 0 Å². The third kappa shape index (κ3) is 46.6. The predicted molar refractivity (Wildman–Crippen MR) is 278 cm³/mol. The molecule has 0 aromatic carbocycles. The number of carbonyl (C=O) groups is 2. The van der Waals surface area contributed by atoms with Gasteiger partial charge >= 0.3 is 5.97 Å². The molecule has 0 rings (SSSR count). The quantitative estimate of drug-likeness (QED) is 0.0321. The molecule has 0 aromatic rings. The summed E-state index contributed by atoms with van der Waals surface area (Å²) in [6, 6.07) is -0.707. The molecule has 0 aliphatic heterocycles. The van der Waals surface area contributed by atoms with Crippen LogP contribution in [0.2, 0.25) is 0 Å². The first-order valence-electron chi connectivity index (χ1n) is 28.2. The van der Waals surface area contributed by atoms with Gasteiger partial charge in [-0.25, -0.2) is 0 Å². The molecule has 0 aromatic heterocycles. The molecule has 6 nitrogen and oxygen atoms in total. The number of hydrogen-bond acceptors (Lipinski definition) is 5. The van der Waals surface area contributed by atoms with E-state index in [0.29, 0.717) is 19.3 Å². The van der Waals surface area contributed by atoms with Gasteiger partial charge in [0.1, 0.15) is 6.10 Å². The van der Waals surface area contributed by atoms with Crippen LogP contribution in [0.5, 0.6) is 0 Å². The summed E-state index contributed by atoms with van der Waals surface area (Å²) in [4.78, 5) is 26.2. The maximum absolute atomic E-state index is 13.2. The Kier molecular flexibility index (Phi) is 50.5. The van der Waals surface area contributed by atoms with Crippen LogP contribution < -0.4 is 5.32 Å². The number of aliphatic hydroxyl groups is 2. The van der Waals surface area contributed by atoms with Gasteiger partial charge in [-0.15, -0.1) is 0 Å². The molecule has 0 spiro atoms. The van der Waals surface area contributed by atoms with Crippen molar-refractivity contribution in [2.45, 2.75) is 315 Å². The Labute approximate surface area is 398 Å². The predicted octanol–water partition coefficient (Wildman–Crippen LogP) is 17.2. The number of rotatable bonds is 51. The number of carbonyl (C=O) groups excluding carboxylic acids is 2. The molecule has 0 heterocycles. The van der Waals surface area contributed by atoms with E-state index < -0.39 is 18.2 Å². The lowest BCUT2D eigenvalue weighted by Crippen LogP contribution is -2.46. The number of ether oxygens (including phenoxy) is 1. The van der Waals surface area contributed by atoms with E-state index in [1.807, 2.05) is 0 Å². The van der Waals surface area contributed by atoms with Crippen LogP contribution in [-0.2, 0) is 14.3 Å². The Hall–Kier alpha value is -1.92. The molecule has 376 valence electrons. The number of unbranched alkanes of at least 4 members (excludes halogenated alkanes) is 33. The van der Waals surface area contributed by atoms with Gasteiger partial charge < -0.3 is 20.3 Å². The maximum Gasteiger partial charge on any atom is 0.306 e. The highest BCUT2D eigenvalue weighted by atomic mass is 16.5. The van der Waals surface area contributed by atoms with Crippen LogP contribution in [0.4, 0.5) is 0 Å². The molecule has 0 radical (unpaired) electrons. The summed E-state index contributed by atoms with van der Waals surface area (Å²) in [6.07, 6.45) is 62.0. The summed E-state index contributed by atoms with van der Waals surface area (Å²) in [7, 11) is 0. The molecule has 6 heteroatoms. The number of nitrogens with one attached hydrogen (secondary N) is 1. The van der Waals surface area contributed by atoms with E-state index in [0.717, 1.165) is 77.0 Å². The molecule has 0 saturated heterocycles. The molecule has 64 heavy (non-hydrogen) atoms. The van der Waals surface area contributed by atoms with Crippen molar-refractivity contribution in [2.75, 3.05) is 6.61 Å². The van der Waals surface area contributed by atoms with Crippen LogP contribution in [0.15, 0.2) is 36.5 Å². The van der Waals surface area contributed by atoms with E-state index in [4.69, 9.17) is 4.74 Å². The van der Waals surface area contributed by atoms with E-state index in [1.54, 1.807) is 0 Å². The smallest absolute Gasteiger partial charge is 0.306 e. The first-order valence-corrected chi connectivity index (χ1v) is 28.2. The van der Waals surface area contributed by atoms with Crippen molar-refractivity contribution in [1.82, 2.24) is 5.32 Å². The topological polar surface area (TPSA) is 95.9 Å². The zero-order valence-corrected chi connectivity index (χ0v) is 42.9. The van der Waals surface area contributed by atoms with Crippen LogP contribution >= 0.6 is 0 Å². The van der Waals surface area contributed by atoms with Crippen LogP contribution in [0.1, 0.15) is 297 Å². The van der Waals surface area contributed by atoms with Gasteiger partial charge in [-0.3, -0.25) is 9.59 Å². The molecular weight excluding hydrogens is 791 g/mol. The molecule has 3 atom stereocenters. The number of aliphatic hydroxyl groups excluding tert-OH is 2. The summed E-state index contributed by atoms with van der Waals surface area (Å²) < 4.78 is 5.94. The van der Waals surface area contributed by atoms with Crippen molar-refractivity contribution in [1.29, 1.82) is 0 Å². The molecule has 3 N–H and O–H groups in total. The van der Waals surface area contributed by atoms with Gasteiger partial charge in [-0.1, -0.05) is 256 Å². The lowest BCUT2D eigenvalue weighted by Gasteiger charge is -2.24. The second-order valence-corrected chi connectivity index (χ2v) is 19.3. The molecular formula is C58H109NO5. The van der Waals surface area contributed by atoms with E-state index in [9.17, 15) is 19.8 Å². The largest absolute Gasteiger partial charge is 0.462 e. The van der Waals surface area contributed by atoms with Gasteiger partial charge in [-0.05, 0) is 64.2 Å². The minimum Gasteiger partial charge on any atom is -0.462 e. The second-order valence-electron chi connectivity index (χ2n) is 19.3. The normalized spacial score (nSPS) is 13.4. The highest BCUT2D eigenvalue weighted by molar-refractivity contribution is 5.77. The van der Waals surface area contributed by atoms with E-state index in [-0.39, 0.29) is 24.9 Å². The van der Waals surface area contributed by atoms with Crippen LogP contribution in [-0.4, -0.2) is 46.9 Å². The van der Waals surface area contributed by atoms with Crippen molar-refractivity contribution < 1.29 is 24.5 Å². The van der Waals surface area contributed by atoms with Gasteiger partial charge in [0.25, 0.3) is 0 Å². The van der Waals surface area contributed by atoms with Gasteiger partial charge in [0, 0.05) is 6.42 Å². The van der Waals surface area contributed by atoms with Crippen molar-refractivity contribution in [3.63, 3.8) is 0 Å². The Bertz CT molecular complexity index is 1060. The maximum atomic E-state index is 13.2. The number of hydrogen-bond donors (Lipinski definition) is 3. The highest BCUT2D eigenvalue weighted by Gasteiger charge is 2.24. The van der Waals surface area contributed by atoms with Gasteiger partial charge in [-0.2, -0.15) is 0 Å². The van der Waals surface area contributed by atoms with Crippen LogP contribution in [0.25, 0.3) is 0 Å². The lowest BCUT2D eigenvalue weighted by atomic mass is 10.0. The zero-order valence-electron chi connectivity index (χ0n) is 42.9.